The van der Waals surface area contributed by atoms with Gasteiger partial charge in [-0.1, -0.05) is 12.8 Å². The van der Waals surface area contributed by atoms with Crippen LogP contribution in [0.3, 0.4) is 0 Å². The van der Waals surface area contributed by atoms with Crippen molar-refractivity contribution in [2.24, 2.45) is 0 Å². The molecule has 5 heteroatoms. The van der Waals surface area contributed by atoms with Crippen LogP contribution < -0.4 is 5.32 Å². The van der Waals surface area contributed by atoms with Gasteiger partial charge in [-0.2, -0.15) is 0 Å². The van der Waals surface area contributed by atoms with Gasteiger partial charge in [0.1, 0.15) is 0 Å². The van der Waals surface area contributed by atoms with Gasteiger partial charge >= 0.3 is 6.09 Å². The lowest BCUT2D eigenvalue weighted by molar-refractivity contribution is 0.156. The molecule has 1 heterocycles. The van der Waals surface area contributed by atoms with Crippen molar-refractivity contribution in [2.75, 3.05) is 19.7 Å². The molecule has 0 radical (unpaired) electrons. The van der Waals surface area contributed by atoms with E-state index in [2.05, 4.69) is 5.32 Å². The summed E-state index contributed by atoms with van der Waals surface area (Å²) in [6.07, 6.45) is 4.33. The van der Waals surface area contributed by atoms with Crippen LogP contribution in [0.4, 0.5) is 4.79 Å². The molecule has 0 unspecified atom stereocenters. The van der Waals surface area contributed by atoms with Gasteiger partial charge in [-0.05, 0) is 32.0 Å². The molecule has 4 nitrogen and oxygen atoms in total. The summed E-state index contributed by atoms with van der Waals surface area (Å²) in [5.41, 5.74) is 0. The van der Waals surface area contributed by atoms with E-state index < -0.39 is 6.09 Å². The molecule has 1 fully saturated rings. The van der Waals surface area contributed by atoms with E-state index in [1.54, 1.807) is 6.92 Å². The summed E-state index contributed by atoms with van der Waals surface area (Å²) in [7, 11) is 0. The van der Waals surface area contributed by atoms with Crippen LogP contribution in [0.5, 0.6) is 0 Å². The highest BCUT2D eigenvalue weighted by Gasteiger charge is 2.14. The molecule has 1 aliphatic heterocycles. The summed E-state index contributed by atoms with van der Waals surface area (Å²) < 4.78 is 4.77. The van der Waals surface area contributed by atoms with E-state index in [4.69, 9.17) is 17.0 Å². The molecule has 0 aromatic carbocycles. The van der Waals surface area contributed by atoms with E-state index in [1.807, 2.05) is 4.90 Å². The van der Waals surface area contributed by atoms with Crippen LogP contribution in [0.1, 0.15) is 32.6 Å². The van der Waals surface area contributed by atoms with Crippen molar-refractivity contribution in [2.45, 2.75) is 32.6 Å². The molecule has 0 saturated carbocycles. The fourth-order valence-corrected chi connectivity index (χ4v) is 1.87. The zero-order chi connectivity index (χ0) is 11.1. The van der Waals surface area contributed by atoms with Gasteiger partial charge in [0.15, 0.2) is 5.11 Å². The van der Waals surface area contributed by atoms with Gasteiger partial charge < -0.3 is 9.64 Å². The van der Waals surface area contributed by atoms with Crippen molar-refractivity contribution in [1.82, 2.24) is 10.2 Å². The Labute approximate surface area is 96.0 Å². The Morgan fingerprint density at radius 3 is 2.47 bits per heavy atom. The van der Waals surface area contributed by atoms with E-state index in [1.165, 1.54) is 12.8 Å². The average molecular weight is 230 g/mol. The van der Waals surface area contributed by atoms with Gasteiger partial charge in [0.2, 0.25) is 0 Å². The summed E-state index contributed by atoms with van der Waals surface area (Å²) >= 11 is 5.14. The van der Waals surface area contributed by atoms with Gasteiger partial charge in [0.25, 0.3) is 0 Å². The number of hydrogen-bond acceptors (Lipinski definition) is 3. The van der Waals surface area contributed by atoms with Gasteiger partial charge in [-0.15, -0.1) is 0 Å². The lowest BCUT2D eigenvalue weighted by Gasteiger charge is -2.22. The number of nitrogens with zero attached hydrogens (tertiary/aromatic N) is 1. The molecule has 0 aliphatic carbocycles. The Bertz CT molecular complexity index is 225. The molecular formula is C10H18N2O2S. The van der Waals surface area contributed by atoms with E-state index in [-0.39, 0.29) is 0 Å². The summed E-state index contributed by atoms with van der Waals surface area (Å²) in [4.78, 5) is 13.2. The Hall–Kier alpha value is -0.840. The molecule has 0 atom stereocenters. The Morgan fingerprint density at radius 2 is 1.93 bits per heavy atom. The third kappa shape index (κ3) is 4.46. The average Bonchev–Trinajstić information content (AvgIpc) is 2.45. The quantitative estimate of drug-likeness (QED) is 0.699. The first-order valence-corrected chi connectivity index (χ1v) is 5.87. The number of amides is 1. The van der Waals surface area contributed by atoms with Crippen LogP contribution in [-0.2, 0) is 4.74 Å². The molecule has 1 rings (SSSR count). The molecule has 1 N–H and O–H groups in total. The van der Waals surface area contributed by atoms with Crippen molar-refractivity contribution in [3.63, 3.8) is 0 Å². The van der Waals surface area contributed by atoms with Gasteiger partial charge in [-0.25, -0.2) is 4.79 Å². The second kappa shape index (κ2) is 6.61. The summed E-state index contributed by atoms with van der Waals surface area (Å²) in [6.45, 7) is 4.01. The molecular weight excluding hydrogens is 212 g/mol. The van der Waals surface area contributed by atoms with Crippen LogP contribution >= 0.6 is 12.2 Å². The van der Waals surface area contributed by atoms with E-state index in [0.717, 1.165) is 25.9 Å². The number of thiocarbonyl (C=S) groups is 1. The molecule has 0 spiro atoms. The second-order valence-electron chi connectivity index (χ2n) is 3.55. The van der Waals surface area contributed by atoms with E-state index in [9.17, 15) is 4.79 Å². The first-order chi connectivity index (χ1) is 7.24. The van der Waals surface area contributed by atoms with Gasteiger partial charge in [0, 0.05) is 13.1 Å². The minimum Gasteiger partial charge on any atom is -0.450 e. The third-order valence-electron chi connectivity index (χ3n) is 2.38. The largest absolute Gasteiger partial charge is 0.450 e. The highest BCUT2D eigenvalue weighted by molar-refractivity contribution is 7.80. The Morgan fingerprint density at radius 1 is 1.33 bits per heavy atom. The van der Waals surface area contributed by atoms with Crippen LogP contribution in [0, 0.1) is 0 Å². The van der Waals surface area contributed by atoms with Gasteiger partial charge in [0.05, 0.1) is 6.61 Å². The van der Waals surface area contributed by atoms with Crippen molar-refractivity contribution in [3.8, 4) is 0 Å². The SMILES string of the molecule is CCOC(=O)NC(=S)N1CCCCCC1. The van der Waals surface area contributed by atoms with E-state index >= 15 is 0 Å². The molecule has 1 aliphatic rings. The number of ether oxygens (including phenoxy) is 1. The number of nitrogens with one attached hydrogen (secondary N) is 1. The number of carbonyl (C=O) groups is 1. The molecule has 1 saturated heterocycles. The smallest absolute Gasteiger partial charge is 0.413 e. The first-order valence-electron chi connectivity index (χ1n) is 5.46. The standard InChI is InChI=1S/C10H18N2O2S/c1-2-14-10(13)11-9(15)12-7-5-3-4-6-8-12/h2-8H2,1H3,(H,11,13,15). The minimum atomic E-state index is -0.452. The Balaban J connectivity index is 2.34. The maximum Gasteiger partial charge on any atom is 0.413 e. The lowest BCUT2D eigenvalue weighted by atomic mass is 10.2. The summed E-state index contributed by atoms with van der Waals surface area (Å²) in [5, 5.41) is 3.07. The maximum absolute atomic E-state index is 11.1. The van der Waals surface area contributed by atoms with Crippen molar-refractivity contribution in [1.29, 1.82) is 0 Å². The van der Waals surface area contributed by atoms with Crippen LogP contribution in [-0.4, -0.2) is 35.8 Å². The van der Waals surface area contributed by atoms with Crippen molar-refractivity contribution in [3.05, 3.63) is 0 Å². The van der Waals surface area contributed by atoms with Gasteiger partial charge in [-0.3, -0.25) is 5.32 Å². The highest BCUT2D eigenvalue weighted by Crippen LogP contribution is 2.09. The number of hydrogen-bond donors (Lipinski definition) is 1. The fourth-order valence-electron chi connectivity index (χ4n) is 1.61. The molecule has 0 bridgehead atoms. The zero-order valence-electron chi connectivity index (χ0n) is 9.12. The van der Waals surface area contributed by atoms with E-state index in [0.29, 0.717) is 11.7 Å². The summed E-state index contributed by atoms with van der Waals surface area (Å²) in [6, 6.07) is 0. The second-order valence-corrected chi connectivity index (χ2v) is 3.94. The number of alkyl carbamates (subject to hydrolysis) is 1. The predicted molar refractivity (Wildman–Crippen MR) is 62.8 cm³/mol. The molecule has 86 valence electrons. The monoisotopic (exact) mass is 230 g/mol. The first kappa shape index (κ1) is 12.2. The predicted octanol–water partition coefficient (Wildman–Crippen LogP) is 1.89. The Kier molecular flexibility index (Phi) is 5.39. The highest BCUT2D eigenvalue weighted by atomic mass is 32.1. The topological polar surface area (TPSA) is 41.6 Å². The number of likely N-dealkylation sites (tertiary alicyclic amines) is 1. The molecule has 0 aromatic heterocycles. The van der Waals surface area contributed by atoms with Crippen molar-refractivity contribution >= 4 is 23.4 Å². The number of carbonyl (C=O) groups excluding carboxylic acids is 1. The maximum atomic E-state index is 11.1. The molecule has 1 amide bonds. The normalized spacial score (nSPS) is 16.7. The lowest BCUT2D eigenvalue weighted by Crippen LogP contribution is -2.43. The third-order valence-corrected chi connectivity index (χ3v) is 2.74. The summed E-state index contributed by atoms with van der Waals surface area (Å²) in [5.74, 6) is 0. The minimum absolute atomic E-state index is 0.369. The molecule has 15 heavy (non-hydrogen) atoms. The number of rotatable bonds is 1. The molecule has 0 aromatic rings. The van der Waals surface area contributed by atoms with Crippen LogP contribution in [0.25, 0.3) is 0 Å². The fraction of sp³-hybridized carbons (Fsp3) is 0.800. The van der Waals surface area contributed by atoms with Crippen molar-refractivity contribution < 1.29 is 9.53 Å². The van der Waals surface area contributed by atoms with Crippen LogP contribution in [0.15, 0.2) is 0 Å². The van der Waals surface area contributed by atoms with Crippen LogP contribution in [0.2, 0.25) is 0 Å². The zero-order valence-corrected chi connectivity index (χ0v) is 9.94.